The molecule has 0 amide bonds. The van der Waals surface area contributed by atoms with E-state index in [4.69, 9.17) is 9.47 Å². The summed E-state index contributed by atoms with van der Waals surface area (Å²) < 4.78 is 13.0. The van der Waals surface area contributed by atoms with Gasteiger partial charge in [-0.2, -0.15) is 0 Å². The zero-order valence-corrected chi connectivity index (χ0v) is 20.7. The largest absolute Gasteiger partial charge is 0.465 e. The zero-order chi connectivity index (χ0) is 24.9. The van der Waals surface area contributed by atoms with E-state index in [1.807, 2.05) is 42.7 Å². The third kappa shape index (κ3) is 5.49. The highest BCUT2D eigenvalue weighted by Crippen LogP contribution is 2.24. The second-order valence-electron chi connectivity index (χ2n) is 8.17. The Labute approximate surface area is 207 Å². The van der Waals surface area contributed by atoms with Gasteiger partial charge in [0.25, 0.3) is 0 Å². The Hall–Kier alpha value is -3.78. The fourth-order valence-electron chi connectivity index (χ4n) is 4.01. The zero-order valence-electron chi connectivity index (χ0n) is 19.9. The number of carbonyl (C=O) groups excluding carboxylic acids is 3. The van der Waals surface area contributed by atoms with Gasteiger partial charge in [-0.15, -0.1) is 11.3 Å². The molecule has 0 bridgehead atoms. The van der Waals surface area contributed by atoms with Crippen molar-refractivity contribution in [3.63, 3.8) is 0 Å². The summed E-state index contributed by atoms with van der Waals surface area (Å²) in [4.78, 5) is 41.2. The fourth-order valence-corrected chi connectivity index (χ4v) is 5.02. The Kier molecular flexibility index (Phi) is 7.41. The Bertz CT molecular complexity index is 1350. The number of ketones is 1. The Morgan fingerprint density at radius 1 is 1.03 bits per heavy atom. The van der Waals surface area contributed by atoms with Gasteiger partial charge in [0, 0.05) is 29.1 Å². The van der Waals surface area contributed by atoms with Gasteiger partial charge in [-0.1, -0.05) is 12.1 Å². The van der Waals surface area contributed by atoms with Crippen LogP contribution in [-0.2, 0) is 20.7 Å². The van der Waals surface area contributed by atoms with Gasteiger partial charge in [-0.05, 0) is 69.2 Å². The molecule has 2 heterocycles. The minimum Gasteiger partial charge on any atom is -0.465 e. The Morgan fingerprint density at radius 2 is 1.77 bits per heavy atom. The molecule has 8 heteroatoms. The van der Waals surface area contributed by atoms with Crippen LogP contribution < -0.4 is 0 Å². The van der Waals surface area contributed by atoms with Crippen molar-refractivity contribution in [3.8, 4) is 5.69 Å². The van der Waals surface area contributed by atoms with E-state index >= 15 is 0 Å². The number of aromatic nitrogens is 2. The van der Waals surface area contributed by atoms with Gasteiger partial charge >= 0.3 is 11.9 Å². The van der Waals surface area contributed by atoms with Crippen LogP contribution in [0.1, 0.15) is 50.0 Å². The molecule has 0 radical (unpaired) electrons. The van der Waals surface area contributed by atoms with E-state index in [-0.39, 0.29) is 18.8 Å². The molecule has 0 aliphatic carbocycles. The number of thiazole rings is 1. The SMILES string of the molecule is COC(=O)c1ccc(-n2c(C)cc(C(=O)COC(=O)CCCc3nc4ccccc4s3)c2C)cc1. The van der Waals surface area contributed by atoms with E-state index in [1.165, 1.54) is 7.11 Å². The third-order valence-electron chi connectivity index (χ3n) is 5.75. The first kappa shape index (κ1) is 24.3. The molecule has 0 fully saturated rings. The van der Waals surface area contributed by atoms with E-state index in [0.717, 1.165) is 32.3 Å². The molecular formula is C27H26N2O5S. The average molecular weight is 491 g/mol. The van der Waals surface area contributed by atoms with Crippen LogP contribution in [0.2, 0.25) is 0 Å². The fraction of sp³-hybridized carbons (Fsp3) is 0.259. The lowest BCUT2D eigenvalue weighted by molar-refractivity contribution is -0.142. The number of esters is 2. The van der Waals surface area contributed by atoms with Gasteiger partial charge in [-0.3, -0.25) is 9.59 Å². The van der Waals surface area contributed by atoms with E-state index in [9.17, 15) is 14.4 Å². The van der Waals surface area contributed by atoms with Crippen molar-refractivity contribution in [1.29, 1.82) is 0 Å². The first-order chi connectivity index (χ1) is 16.9. The lowest BCUT2D eigenvalue weighted by atomic mass is 10.1. The van der Waals surface area contributed by atoms with Gasteiger partial charge in [-0.25, -0.2) is 9.78 Å². The molecule has 0 atom stereocenters. The molecule has 4 aromatic rings. The summed E-state index contributed by atoms with van der Waals surface area (Å²) in [6.07, 6.45) is 1.54. The van der Waals surface area contributed by atoms with Gasteiger partial charge < -0.3 is 14.0 Å². The molecule has 0 saturated heterocycles. The van der Waals surface area contributed by atoms with Crippen LogP contribution in [0.5, 0.6) is 0 Å². The van der Waals surface area contributed by atoms with E-state index < -0.39 is 11.9 Å². The van der Waals surface area contributed by atoms with Crippen molar-refractivity contribution in [2.45, 2.75) is 33.1 Å². The summed E-state index contributed by atoms with van der Waals surface area (Å²) in [5, 5.41) is 0.988. The van der Waals surface area contributed by atoms with Crippen molar-refractivity contribution >= 4 is 39.3 Å². The van der Waals surface area contributed by atoms with Gasteiger partial charge in [0.05, 0.1) is 27.9 Å². The monoisotopic (exact) mass is 490 g/mol. The van der Waals surface area contributed by atoms with Crippen molar-refractivity contribution < 1.29 is 23.9 Å². The number of aryl methyl sites for hydroxylation is 2. The van der Waals surface area contributed by atoms with E-state index in [1.54, 1.807) is 41.7 Å². The number of Topliss-reactive ketones (excluding diaryl/α,β-unsaturated/α-hetero) is 1. The predicted molar refractivity (Wildman–Crippen MR) is 134 cm³/mol. The van der Waals surface area contributed by atoms with Crippen LogP contribution in [0.4, 0.5) is 0 Å². The molecular weight excluding hydrogens is 464 g/mol. The van der Waals surface area contributed by atoms with Gasteiger partial charge in [0.15, 0.2) is 6.61 Å². The summed E-state index contributed by atoms with van der Waals surface area (Å²) in [5.41, 5.74) is 4.34. The standard InChI is InChI=1S/C27H26N2O5S/c1-17-15-21(18(2)29(17)20-13-11-19(12-14-20)27(32)33-3)23(30)16-34-26(31)10-6-9-25-28-22-7-4-5-8-24(22)35-25/h4-5,7-8,11-15H,6,9-10,16H2,1-3H3. The highest BCUT2D eigenvalue weighted by molar-refractivity contribution is 7.18. The highest BCUT2D eigenvalue weighted by Gasteiger charge is 2.18. The second kappa shape index (κ2) is 10.7. The lowest BCUT2D eigenvalue weighted by Crippen LogP contribution is -2.15. The molecule has 0 aliphatic rings. The van der Waals surface area contributed by atoms with Crippen LogP contribution in [0.15, 0.2) is 54.6 Å². The summed E-state index contributed by atoms with van der Waals surface area (Å²) in [6.45, 7) is 3.44. The summed E-state index contributed by atoms with van der Waals surface area (Å²) >= 11 is 1.63. The summed E-state index contributed by atoms with van der Waals surface area (Å²) in [6, 6.07) is 16.7. The van der Waals surface area contributed by atoms with E-state index in [0.29, 0.717) is 24.0 Å². The second-order valence-corrected chi connectivity index (χ2v) is 9.29. The third-order valence-corrected chi connectivity index (χ3v) is 6.85. The maximum atomic E-state index is 12.8. The van der Waals surface area contributed by atoms with Crippen LogP contribution in [-0.4, -0.2) is 41.0 Å². The molecule has 0 aliphatic heterocycles. The number of fused-ring (bicyclic) bond motifs is 1. The lowest BCUT2D eigenvalue weighted by Gasteiger charge is -2.10. The molecule has 2 aromatic carbocycles. The number of carbonyl (C=O) groups is 3. The molecule has 0 saturated carbocycles. The molecule has 2 aromatic heterocycles. The molecule has 0 spiro atoms. The average Bonchev–Trinajstić information content (AvgIpc) is 3.41. The number of methoxy groups -OCH3 is 1. The molecule has 180 valence electrons. The topological polar surface area (TPSA) is 87.5 Å². The number of para-hydroxylation sites is 1. The summed E-state index contributed by atoms with van der Waals surface area (Å²) in [7, 11) is 1.34. The van der Waals surface area contributed by atoms with Crippen LogP contribution in [0, 0.1) is 13.8 Å². The Morgan fingerprint density at radius 3 is 2.49 bits per heavy atom. The first-order valence-corrected chi connectivity index (χ1v) is 12.1. The van der Waals surface area contributed by atoms with Crippen molar-refractivity contribution in [2.75, 3.05) is 13.7 Å². The molecule has 0 unspecified atom stereocenters. The number of rotatable bonds is 9. The normalized spacial score (nSPS) is 10.9. The maximum absolute atomic E-state index is 12.8. The van der Waals surface area contributed by atoms with Crippen molar-refractivity contribution in [1.82, 2.24) is 9.55 Å². The Balaban J connectivity index is 1.32. The van der Waals surface area contributed by atoms with Crippen LogP contribution in [0.3, 0.4) is 0 Å². The number of benzene rings is 2. The highest BCUT2D eigenvalue weighted by atomic mass is 32.1. The minimum absolute atomic E-state index is 0.231. The van der Waals surface area contributed by atoms with Crippen molar-refractivity contribution in [2.24, 2.45) is 0 Å². The maximum Gasteiger partial charge on any atom is 0.337 e. The van der Waals surface area contributed by atoms with Gasteiger partial charge in [0.1, 0.15) is 0 Å². The first-order valence-electron chi connectivity index (χ1n) is 11.3. The van der Waals surface area contributed by atoms with Crippen molar-refractivity contribution in [3.05, 3.63) is 82.1 Å². The van der Waals surface area contributed by atoms with Crippen LogP contribution in [0.25, 0.3) is 15.9 Å². The number of hydrogen-bond donors (Lipinski definition) is 0. The quantitative estimate of drug-likeness (QED) is 0.236. The molecule has 7 nitrogen and oxygen atoms in total. The number of ether oxygens (including phenoxy) is 2. The van der Waals surface area contributed by atoms with E-state index in [2.05, 4.69) is 4.98 Å². The minimum atomic E-state index is -0.407. The molecule has 4 rings (SSSR count). The summed E-state index contributed by atoms with van der Waals surface area (Å²) in [5.74, 6) is -1.06. The smallest absolute Gasteiger partial charge is 0.337 e. The number of nitrogens with zero attached hydrogens (tertiary/aromatic N) is 2. The molecule has 0 N–H and O–H groups in total. The number of hydrogen-bond acceptors (Lipinski definition) is 7. The predicted octanol–water partition coefficient (Wildman–Crippen LogP) is 5.24. The van der Waals surface area contributed by atoms with Crippen LogP contribution >= 0.6 is 11.3 Å². The van der Waals surface area contributed by atoms with Gasteiger partial charge in [0.2, 0.25) is 5.78 Å². The molecule has 35 heavy (non-hydrogen) atoms.